The lowest BCUT2D eigenvalue weighted by atomic mass is 9.98. The summed E-state index contributed by atoms with van der Waals surface area (Å²) in [5.41, 5.74) is -0.902. The molecule has 2 amide bonds. The van der Waals surface area contributed by atoms with Gasteiger partial charge >= 0.3 is 5.57 Å². The van der Waals surface area contributed by atoms with Gasteiger partial charge in [0.05, 0.1) is 35.4 Å². The molecule has 0 unspecified atom stereocenters. The van der Waals surface area contributed by atoms with Gasteiger partial charge in [-0.15, -0.1) is 8.78 Å². The van der Waals surface area contributed by atoms with Gasteiger partial charge in [0.25, 0.3) is 11.8 Å². The SMILES string of the molecule is CN1Cc2ncc(-c3cc(C(=O)Nc4ccc(OC(F)(F)Cl)cc4)cnc3N3CC(C#N)C3)cc2C1=O. The Morgan fingerprint density at radius 3 is 2.59 bits per heavy atom. The van der Waals surface area contributed by atoms with Crippen LogP contribution >= 0.6 is 11.6 Å². The Bertz CT molecular complexity index is 1430. The predicted molar refractivity (Wildman–Crippen MR) is 130 cm³/mol. The number of aromatic nitrogens is 2. The van der Waals surface area contributed by atoms with Crippen LogP contribution in [0.25, 0.3) is 11.1 Å². The third-order valence-electron chi connectivity index (χ3n) is 6.08. The van der Waals surface area contributed by atoms with E-state index < -0.39 is 11.5 Å². The number of pyridine rings is 2. The molecule has 5 rings (SSSR count). The number of halogens is 3. The van der Waals surface area contributed by atoms with Crippen LogP contribution in [-0.2, 0) is 6.54 Å². The molecule has 0 aliphatic carbocycles. The number of amides is 2. The van der Waals surface area contributed by atoms with Gasteiger partial charge in [-0.1, -0.05) is 0 Å². The lowest BCUT2D eigenvalue weighted by molar-refractivity contribution is -0.0964. The smallest absolute Gasteiger partial charge is 0.420 e. The van der Waals surface area contributed by atoms with E-state index in [1.54, 1.807) is 30.3 Å². The summed E-state index contributed by atoms with van der Waals surface area (Å²) in [6.45, 7) is 1.42. The first-order chi connectivity index (χ1) is 17.6. The summed E-state index contributed by atoms with van der Waals surface area (Å²) >= 11 is 4.77. The Morgan fingerprint density at radius 2 is 1.92 bits per heavy atom. The molecule has 2 aromatic heterocycles. The molecule has 1 N–H and O–H groups in total. The molecule has 3 aromatic rings. The fourth-order valence-electron chi connectivity index (χ4n) is 4.18. The first-order valence-electron chi connectivity index (χ1n) is 11.2. The molecule has 0 bridgehead atoms. The average Bonchev–Trinajstić information content (AvgIpc) is 3.11. The Labute approximate surface area is 215 Å². The molecule has 4 heterocycles. The van der Waals surface area contributed by atoms with Crippen molar-refractivity contribution in [2.75, 3.05) is 30.4 Å². The van der Waals surface area contributed by atoms with Gasteiger partial charge in [-0.05, 0) is 36.4 Å². The monoisotopic (exact) mass is 524 g/mol. The summed E-state index contributed by atoms with van der Waals surface area (Å²) in [5.74, 6) is -0.328. The molecular weight excluding hydrogens is 506 g/mol. The highest BCUT2D eigenvalue weighted by atomic mass is 35.5. The van der Waals surface area contributed by atoms with E-state index in [4.69, 9.17) is 11.6 Å². The van der Waals surface area contributed by atoms with Gasteiger partial charge in [0.1, 0.15) is 11.6 Å². The van der Waals surface area contributed by atoms with Crippen molar-refractivity contribution in [1.82, 2.24) is 14.9 Å². The maximum absolute atomic E-state index is 13.0. The van der Waals surface area contributed by atoms with Crippen LogP contribution in [0.4, 0.5) is 20.3 Å². The molecule has 2 aliphatic rings. The number of anilines is 2. The Hall–Kier alpha value is -4.30. The van der Waals surface area contributed by atoms with Crippen molar-refractivity contribution >= 4 is 34.9 Å². The number of carbonyl (C=O) groups excluding carboxylic acids is 2. The number of fused-ring (bicyclic) bond motifs is 1. The quantitative estimate of drug-likeness (QED) is 0.483. The van der Waals surface area contributed by atoms with Crippen LogP contribution in [0.3, 0.4) is 0 Å². The summed E-state index contributed by atoms with van der Waals surface area (Å²) in [6, 6.07) is 10.9. The zero-order valence-electron chi connectivity index (χ0n) is 19.4. The second-order valence-corrected chi connectivity index (χ2v) is 9.17. The highest BCUT2D eigenvalue weighted by Gasteiger charge is 2.31. The molecule has 1 fully saturated rings. The summed E-state index contributed by atoms with van der Waals surface area (Å²) in [6.07, 6.45) is 3.06. The van der Waals surface area contributed by atoms with E-state index in [9.17, 15) is 23.6 Å². The second-order valence-electron chi connectivity index (χ2n) is 8.73. The molecule has 0 spiro atoms. The van der Waals surface area contributed by atoms with Crippen LogP contribution in [0.1, 0.15) is 26.4 Å². The van der Waals surface area contributed by atoms with Crippen LogP contribution < -0.4 is 15.0 Å². The molecule has 37 heavy (non-hydrogen) atoms. The normalized spacial score (nSPS) is 15.2. The molecular formula is C25H19ClF2N6O3. The largest absolute Gasteiger partial charge is 0.487 e. The molecule has 0 saturated carbocycles. The fraction of sp³-hybridized carbons (Fsp3) is 0.240. The van der Waals surface area contributed by atoms with Gasteiger partial charge in [-0.25, -0.2) is 4.98 Å². The van der Waals surface area contributed by atoms with Crippen molar-refractivity contribution in [2.45, 2.75) is 12.1 Å². The molecule has 188 valence electrons. The third kappa shape index (κ3) is 5.01. The van der Waals surface area contributed by atoms with Gasteiger partial charge in [-0.3, -0.25) is 14.6 Å². The topological polar surface area (TPSA) is 111 Å². The van der Waals surface area contributed by atoms with Crippen molar-refractivity contribution in [3.05, 3.63) is 65.6 Å². The second kappa shape index (κ2) is 9.29. The van der Waals surface area contributed by atoms with Crippen molar-refractivity contribution in [2.24, 2.45) is 5.92 Å². The third-order valence-corrected chi connectivity index (χ3v) is 6.16. The van der Waals surface area contributed by atoms with Crippen LogP contribution in [0.2, 0.25) is 0 Å². The summed E-state index contributed by atoms with van der Waals surface area (Å²) in [5, 5.41) is 11.9. The minimum Gasteiger partial charge on any atom is -0.420 e. The van der Waals surface area contributed by atoms with E-state index in [0.29, 0.717) is 53.5 Å². The number of nitriles is 1. The zero-order valence-corrected chi connectivity index (χ0v) is 20.2. The minimum absolute atomic E-state index is 0.114. The molecule has 12 heteroatoms. The number of hydrogen-bond acceptors (Lipinski definition) is 7. The number of alkyl halides is 3. The number of rotatable bonds is 6. The minimum atomic E-state index is -3.84. The lowest BCUT2D eigenvalue weighted by Crippen LogP contribution is -2.46. The Morgan fingerprint density at radius 1 is 1.19 bits per heavy atom. The fourth-order valence-corrected chi connectivity index (χ4v) is 4.27. The van der Waals surface area contributed by atoms with Crippen molar-refractivity contribution in [3.63, 3.8) is 0 Å². The van der Waals surface area contributed by atoms with Crippen LogP contribution in [0.15, 0.2) is 48.8 Å². The summed E-state index contributed by atoms with van der Waals surface area (Å²) in [4.78, 5) is 38.0. The molecule has 1 saturated heterocycles. The lowest BCUT2D eigenvalue weighted by Gasteiger charge is -2.37. The number of carbonyl (C=O) groups is 2. The number of ether oxygens (including phenoxy) is 1. The van der Waals surface area contributed by atoms with Crippen molar-refractivity contribution < 1.29 is 23.1 Å². The van der Waals surface area contributed by atoms with E-state index in [2.05, 4.69) is 26.1 Å². The van der Waals surface area contributed by atoms with Gasteiger partial charge in [0.2, 0.25) is 0 Å². The van der Waals surface area contributed by atoms with Gasteiger partial charge in [-0.2, -0.15) is 5.26 Å². The van der Waals surface area contributed by atoms with Gasteiger partial charge in [0, 0.05) is 60.9 Å². The number of nitrogens with one attached hydrogen (secondary N) is 1. The molecule has 1 aromatic carbocycles. The first-order valence-corrected chi connectivity index (χ1v) is 11.6. The average molecular weight is 525 g/mol. The number of nitrogens with zero attached hydrogens (tertiary/aromatic N) is 5. The summed E-state index contributed by atoms with van der Waals surface area (Å²) < 4.78 is 29.9. The van der Waals surface area contributed by atoms with E-state index in [1.807, 2.05) is 4.90 Å². The first kappa shape index (κ1) is 24.4. The van der Waals surface area contributed by atoms with Crippen LogP contribution in [0.5, 0.6) is 5.75 Å². The van der Waals surface area contributed by atoms with E-state index in [1.165, 1.54) is 30.5 Å². The number of hydrogen-bond donors (Lipinski definition) is 1. The maximum atomic E-state index is 13.0. The van der Waals surface area contributed by atoms with E-state index in [0.717, 1.165) is 0 Å². The highest BCUT2D eigenvalue weighted by Crippen LogP contribution is 2.35. The van der Waals surface area contributed by atoms with Gasteiger partial charge < -0.3 is 19.9 Å². The summed E-state index contributed by atoms with van der Waals surface area (Å²) in [7, 11) is 1.70. The Kier molecular flexibility index (Phi) is 6.13. The molecule has 0 radical (unpaired) electrons. The van der Waals surface area contributed by atoms with Crippen molar-refractivity contribution in [3.8, 4) is 22.9 Å². The zero-order chi connectivity index (χ0) is 26.3. The highest BCUT2D eigenvalue weighted by molar-refractivity contribution is 6.20. The molecule has 9 nitrogen and oxygen atoms in total. The van der Waals surface area contributed by atoms with E-state index in [-0.39, 0.29) is 23.1 Å². The standard InChI is InChI=1S/C25H19ClF2N6O3/c1-33-13-21-20(24(33)36)6-15(9-30-21)19-7-16(10-31-22(19)34-11-14(8-29)12-34)23(35)32-17-2-4-18(5-3-17)37-25(26,27)28/h2-7,9-10,14H,11-13H2,1H3,(H,32,35). The Balaban J connectivity index is 1.44. The maximum Gasteiger partial charge on any atom is 0.487 e. The van der Waals surface area contributed by atoms with Crippen LogP contribution in [-0.4, -0.2) is 52.4 Å². The van der Waals surface area contributed by atoms with Crippen LogP contribution in [0, 0.1) is 17.2 Å². The van der Waals surface area contributed by atoms with Gasteiger partial charge in [0.15, 0.2) is 0 Å². The van der Waals surface area contributed by atoms with E-state index >= 15 is 0 Å². The van der Waals surface area contributed by atoms with Crippen molar-refractivity contribution in [1.29, 1.82) is 5.26 Å². The molecule has 2 aliphatic heterocycles. The number of benzene rings is 1. The predicted octanol–water partition coefficient (Wildman–Crippen LogP) is 4.11. The molecule has 0 atom stereocenters.